The number of nitrogens with zero attached hydrogens (tertiary/aromatic N) is 1. The van der Waals surface area contributed by atoms with Crippen molar-refractivity contribution in [2.75, 3.05) is 6.54 Å². The van der Waals surface area contributed by atoms with E-state index in [-0.39, 0.29) is 18.2 Å². The van der Waals surface area contributed by atoms with Crippen LogP contribution in [-0.2, 0) is 22.6 Å². The summed E-state index contributed by atoms with van der Waals surface area (Å²) in [5.74, 6) is 0.134. The zero-order valence-corrected chi connectivity index (χ0v) is 17.8. The maximum absolute atomic E-state index is 13.1. The Bertz CT molecular complexity index is 785. The van der Waals surface area contributed by atoms with Crippen LogP contribution in [0.15, 0.2) is 48.5 Å². The van der Waals surface area contributed by atoms with Gasteiger partial charge in [-0.3, -0.25) is 9.59 Å². The van der Waals surface area contributed by atoms with Crippen molar-refractivity contribution in [3.63, 3.8) is 0 Å². The summed E-state index contributed by atoms with van der Waals surface area (Å²) in [6.45, 7) is 8.82. The van der Waals surface area contributed by atoms with Gasteiger partial charge in [-0.15, -0.1) is 0 Å². The summed E-state index contributed by atoms with van der Waals surface area (Å²) in [4.78, 5) is 27.3. The second-order valence-electron chi connectivity index (χ2n) is 7.63. The molecule has 0 radical (unpaired) electrons. The molecule has 2 rings (SSSR count). The first-order chi connectivity index (χ1) is 13.3. The third-order valence-corrected chi connectivity index (χ3v) is 4.85. The molecule has 2 amide bonds. The summed E-state index contributed by atoms with van der Waals surface area (Å²) in [5, 5.41) is 3.57. The molecule has 1 N–H and O–H groups in total. The minimum absolute atomic E-state index is 0.0778. The highest BCUT2D eigenvalue weighted by Gasteiger charge is 2.26. The van der Waals surface area contributed by atoms with E-state index in [0.29, 0.717) is 24.0 Å². The van der Waals surface area contributed by atoms with Crippen LogP contribution in [0.25, 0.3) is 0 Å². The van der Waals surface area contributed by atoms with Crippen LogP contribution in [0.3, 0.4) is 0 Å². The molecule has 0 saturated carbocycles. The number of benzene rings is 2. The molecule has 0 aliphatic carbocycles. The monoisotopic (exact) mass is 400 g/mol. The Kier molecular flexibility index (Phi) is 8.06. The van der Waals surface area contributed by atoms with Gasteiger partial charge in [0, 0.05) is 18.1 Å². The van der Waals surface area contributed by atoms with E-state index in [1.165, 1.54) is 0 Å². The zero-order valence-electron chi connectivity index (χ0n) is 17.0. The highest BCUT2D eigenvalue weighted by Crippen LogP contribution is 2.15. The fourth-order valence-electron chi connectivity index (χ4n) is 2.80. The van der Waals surface area contributed by atoms with E-state index < -0.39 is 6.04 Å². The van der Waals surface area contributed by atoms with E-state index in [1.54, 1.807) is 24.0 Å². The fourth-order valence-corrected chi connectivity index (χ4v) is 2.93. The van der Waals surface area contributed by atoms with Gasteiger partial charge < -0.3 is 10.2 Å². The highest BCUT2D eigenvalue weighted by molar-refractivity contribution is 6.30. The minimum Gasteiger partial charge on any atom is -0.354 e. The molecular formula is C23H29ClN2O2. The minimum atomic E-state index is -0.563. The number of rotatable bonds is 8. The van der Waals surface area contributed by atoms with Crippen molar-refractivity contribution in [2.24, 2.45) is 5.92 Å². The van der Waals surface area contributed by atoms with Crippen LogP contribution in [0, 0.1) is 12.8 Å². The van der Waals surface area contributed by atoms with Gasteiger partial charge in [0.25, 0.3) is 0 Å². The second kappa shape index (κ2) is 10.3. The number of halogens is 1. The molecule has 0 bridgehead atoms. The van der Waals surface area contributed by atoms with E-state index in [2.05, 4.69) is 5.32 Å². The van der Waals surface area contributed by atoms with Crippen molar-refractivity contribution in [2.45, 2.75) is 46.7 Å². The average molecular weight is 401 g/mol. The molecule has 0 unspecified atom stereocenters. The second-order valence-corrected chi connectivity index (χ2v) is 8.06. The quantitative estimate of drug-likeness (QED) is 0.714. The summed E-state index contributed by atoms with van der Waals surface area (Å²) in [7, 11) is 0. The van der Waals surface area contributed by atoms with Crippen LogP contribution < -0.4 is 5.32 Å². The molecule has 2 aromatic carbocycles. The Morgan fingerprint density at radius 1 is 0.964 bits per heavy atom. The van der Waals surface area contributed by atoms with Crippen molar-refractivity contribution in [1.82, 2.24) is 10.2 Å². The number of amides is 2. The number of carbonyl (C=O) groups excluding carboxylic acids is 2. The van der Waals surface area contributed by atoms with Gasteiger partial charge in [-0.25, -0.2) is 0 Å². The summed E-state index contributed by atoms with van der Waals surface area (Å²) >= 11 is 5.97. The van der Waals surface area contributed by atoms with Crippen molar-refractivity contribution in [3.8, 4) is 0 Å². The average Bonchev–Trinajstić information content (AvgIpc) is 2.66. The van der Waals surface area contributed by atoms with Crippen molar-refractivity contribution in [1.29, 1.82) is 0 Å². The van der Waals surface area contributed by atoms with Crippen molar-refractivity contribution < 1.29 is 9.59 Å². The van der Waals surface area contributed by atoms with Gasteiger partial charge in [0.05, 0.1) is 6.42 Å². The molecule has 1 atom stereocenters. The van der Waals surface area contributed by atoms with Crippen molar-refractivity contribution in [3.05, 3.63) is 70.2 Å². The topological polar surface area (TPSA) is 49.4 Å². The Morgan fingerprint density at radius 2 is 1.54 bits per heavy atom. The normalized spacial score (nSPS) is 11.9. The standard InChI is InChI=1S/C23H29ClN2O2/c1-16(2)14-25-23(28)18(4)26(15-20-9-11-21(24)12-10-20)22(27)13-19-7-5-17(3)6-8-19/h5-12,16,18H,13-15H2,1-4H3,(H,25,28)/t18-/m1/s1. The maximum atomic E-state index is 13.1. The van der Waals surface area contributed by atoms with Crippen LogP contribution in [0.2, 0.25) is 5.02 Å². The molecule has 0 aliphatic rings. The first-order valence-electron chi connectivity index (χ1n) is 9.63. The fraction of sp³-hybridized carbons (Fsp3) is 0.391. The van der Waals surface area contributed by atoms with E-state index >= 15 is 0 Å². The third-order valence-electron chi connectivity index (χ3n) is 4.59. The molecule has 150 valence electrons. The first-order valence-corrected chi connectivity index (χ1v) is 10.0. The van der Waals surface area contributed by atoms with E-state index in [4.69, 9.17) is 11.6 Å². The molecule has 0 spiro atoms. The Morgan fingerprint density at radius 3 is 2.11 bits per heavy atom. The highest BCUT2D eigenvalue weighted by atomic mass is 35.5. The van der Waals surface area contributed by atoms with Gasteiger partial charge >= 0.3 is 0 Å². The molecule has 28 heavy (non-hydrogen) atoms. The molecule has 0 heterocycles. The number of hydrogen-bond donors (Lipinski definition) is 1. The summed E-state index contributed by atoms with van der Waals surface area (Å²) in [6.07, 6.45) is 0.260. The van der Waals surface area contributed by atoms with Gasteiger partial charge in [0.2, 0.25) is 11.8 Å². The maximum Gasteiger partial charge on any atom is 0.242 e. The predicted octanol–water partition coefficient (Wildman–Crippen LogP) is 4.38. The predicted molar refractivity (Wildman–Crippen MR) is 114 cm³/mol. The molecule has 4 nitrogen and oxygen atoms in total. The van der Waals surface area contributed by atoms with Crippen LogP contribution in [0.4, 0.5) is 0 Å². The summed E-state index contributed by atoms with van der Waals surface area (Å²) in [6, 6.07) is 14.7. The Balaban J connectivity index is 2.18. The summed E-state index contributed by atoms with van der Waals surface area (Å²) < 4.78 is 0. The number of nitrogens with one attached hydrogen (secondary N) is 1. The van der Waals surface area contributed by atoms with E-state index in [0.717, 1.165) is 16.7 Å². The van der Waals surface area contributed by atoms with Gasteiger partial charge in [0.15, 0.2) is 0 Å². The van der Waals surface area contributed by atoms with Crippen LogP contribution in [-0.4, -0.2) is 29.3 Å². The van der Waals surface area contributed by atoms with E-state index in [1.807, 2.05) is 57.2 Å². The zero-order chi connectivity index (χ0) is 20.7. The molecule has 0 saturated heterocycles. The number of hydrogen-bond acceptors (Lipinski definition) is 2. The third kappa shape index (κ3) is 6.68. The van der Waals surface area contributed by atoms with Gasteiger partial charge in [-0.1, -0.05) is 67.4 Å². The summed E-state index contributed by atoms with van der Waals surface area (Å²) in [5.41, 5.74) is 3.02. The largest absolute Gasteiger partial charge is 0.354 e. The number of carbonyl (C=O) groups is 2. The SMILES string of the molecule is Cc1ccc(CC(=O)N(Cc2ccc(Cl)cc2)[C@H](C)C(=O)NCC(C)C)cc1. The lowest BCUT2D eigenvalue weighted by Gasteiger charge is -2.29. The lowest BCUT2D eigenvalue weighted by molar-refractivity contribution is -0.140. The molecule has 0 aromatic heterocycles. The first kappa shape index (κ1) is 22.0. The lowest BCUT2D eigenvalue weighted by atomic mass is 10.1. The van der Waals surface area contributed by atoms with Gasteiger partial charge in [-0.2, -0.15) is 0 Å². The molecule has 0 aliphatic heterocycles. The molecule has 5 heteroatoms. The van der Waals surface area contributed by atoms with Gasteiger partial charge in [-0.05, 0) is 43.0 Å². The van der Waals surface area contributed by atoms with Gasteiger partial charge in [0.1, 0.15) is 6.04 Å². The van der Waals surface area contributed by atoms with Crippen LogP contribution >= 0.6 is 11.6 Å². The van der Waals surface area contributed by atoms with Crippen LogP contribution in [0.1, 0.15) is 37.5 Å². The Hall–Kier alpha value is -2.33. The van der Waals surface area contributed by atoms with E-state index in [9.17, 15) is 9.59 Å². The molecular weight excluding hydrogens is 372 g/mol. The smallest absolute Gasteiger partial charge is 0.242 e. The Labute approximate surface area is 172 Å². The van der Waals surface area contributed by atoms with Crippen LogP contribution in [0.5, 0.6) is 0 Å². The molecule has 0 fully saturated rings. The number of aryl methyl sites for hydroxylation is 1. The lowest BCUT2D eigenvalue weighted by Crippen LogP contribution is -2.48. The van der Waals surface area contributed by atoms with Crippen molar-refractivity contribution >= 4 is 23.4 Å². The molecule has 2 aromatic rings.